The monoisotopic (exact) mass is 251 g/mol. The molecule has 19 heavy (non-hydrogen) atoms. The Morgan fingerprint density at radius 3 is 2.84 bits per heavy atom. The van der Waals surface area contributed by atoms with Crippen molar-refractivity contribution in [1.29, 1.82) is 0 Å². The lowest BCUT2D eigenvalue weighted by molar-refractivity contribution is 0.783. The number of aromatic nitrogens is 2. The van der Waals surface area contributed by atoms with Crippen LogP contribution in [0.25, 0.3) is 10.9 Å². The SMILES string of the molecule is CNCc1cccc2ccn(Cc3ccccn3)c12. The summed E-state index contributed by atoms with van der Waals surface area (Å²) in [5.41, 5.74) is 3.70. The third-order valence-corrected chi connectivity index (χ3v) is 3.30. The molecule has 2 heterocycles. The van der Waals surface area contributed by atoms with Crippen molar-refractivity contribution in [2.75, 3.05) is 7.05 Å². The maximum Gasteiger partial charge on any atom is 0.0648 e. The Kier molecular flexibility index (Phi) is 3.29. The van der Waals surface area contributed by atoms with E-state index < -0.39 is 0 Å². The Hall–Kier alpha value is -2.13. The van der Waals surface area contributed by atoms with Gasteiger partial charge in [-0.1, -0.05) is 24.3 Å². The van der Waals surface area contributed by atoms with Crippen LogP contribution in [0, 0.1) is 0 Å². The maximum atomic E-state index is 4.40. The highest BCUT2D eigenvalue weighted by atomic mass is 15.0. The van der Waals surface area contributed by atoms with Gasteiger partial charge in [0.05, 0.1) is 17.8 Å². The summed E-state index contributed by atoms with van der Waals surface area (Å²) in [6.45, 7) is 1.69. The number of hydrogen-bond acceptors (Lipinski definition) is 2. The second kappa shape index (κ2) is 5.24. The van der Waals surface area contributed by atoms with E-state index >= 15 is 0 Å². The molecule has 1 aromatic carbocycles. The van der Waals surface area contributed by atoms with Crippen LogP contribution in [0.1, 0.15) is 11.3 Å². The number of hydrogen-bond donors (Lipinski definition) is 1. The normalized spacial score (nSPS) is 11.0. The maximum absolute atomic E-state index is 4.40. The van der Waals surface area contributed by atoms with Gasteiger partial charge in [0.15, 0.2) is 0 Å². The zero-order chi connectivity index (χ0) is 13.1. The van der Waals surface area contributed by atoms with Gasteiger partial charge in [-0.3, -0.25) is 4.98 Å². The number of nitrogens with one attached hydrogen (secondary N) is 1. The zero-order valence-electron chi connectivity index (χ0n) is 11.0. The minimum atomic E-state index is 0.811. The average molecular weight is 251 g/mol. The lowest BCUT2D eigenvalue weighted by atomic mass is 10.1. The van der Waals surface area contributed by atoms with Crippen molar-refractivity contribution < 1.29 is 0 Å². The fraction of sp³-hybridized carbons (Fsp3) is 0.188. The molecule has 0 spiro atoms. The number of benzene rings is 1. The smallest absolute Gasteiger partial charge is 0.0648 e. The summed E-state index contributed by atoms with van der Waals surface area (Å²) in [5, 5.41) is 4.51. The highest BCUT2D eigenvalue weighted by Gasteiger charge is 2.06. The minimum Gasteiger partial charge on any atom is -0.341 e. The molecule has 0 radical (unpaired) electrons. The highest BCUT2D eigenvalue weighted by molar-refractivity contribution is 5.83. The molecule has 3 aromatic rings. The first-order valence-corrected chi connectivity index (χ1v) is 6.50. The van der Waals surface area contributed by atoms with Crippen molar-refractivity contribution in [2.24, 2.45) is 0 Å². The van der Waals surface area contributed by atoms with Crippen LogP contribution >= 0.6 is 0 Å². The van der Waals surface area contributed by atoms with E-state index in [4.69, 9.17) is 0 Å². The van der Waals surface area contributed by atoms with Crippen LogP contribution in [0.5, 0.6) is 0 Å². The molecule has 0 aliphatic carbocycles. The third-order valence-electron chi connectivity index (χ3n) is 3.30. The van der Waals surface area contributed by atoms with Gasteiger partial charge in [-0.05, 0) is 36.2 Å². The van der Waals surface area contributed by atoms with Crippen molar-refractivity contribution in [2.45, 2.75) is 13.1 Å². The molecule has 96 valence electrons. The Balaban J connectivity index is 2.04. The second-order valence-corrected chi connectivity index (χ2v) is 4.65. The molecule has 0 amide bonds. The lowest BCUT2D eigenvalue weighted by Gasteiger charge is -2.09. The molecular formula is C16H17N3. The predicted octanol–water partition coefficient (Wildman–Crippen LogP) is 2.80. The summed E-state index contributed by atoms with van der Waals surface area (Å²) in [6, 6.07) is 14.6. The number of rotatable bonds is 4. The van der Waals surface area contributed by atoms with Crippen molar-refractivity contribution in [3.8, 4) is 0 Å². The molecule has 0 unspecified atom stereocenters. The summed E-state index contributed by atoms with van der Waals surface area (Å²) >= 11 is 0. The number of fused-ring (bicyclic) bond motifs is 1. The average Bonchev–Trinajstić information content (AvgIpc) is 2.85. The first-order chi connectivity index (χ1) is 9.38. The highest BCUT2D eigenvalue weighted by Crippen LogP contribution is 2.21. The molecule has 0 aliphatic heterocycles. The van der Waals surface area contributed by atoms with Gasteiger partial charge in [0.25, 0.3) is 0 Å². The summed E-state index contributed by atoms with van der Waals surface area (Å²) in [5.74, 6) is 0. The van der Waals surface area contributed by atoms with Gasteiger partial charge >= 0.3 is 0 Å². The van der Waals surface area contributed by atoms with E-state index in [0.29, 0.717) is 0 Å². The van der Waals surface area contributed by atoms with Gasteiger partial charge in [-0.15, -0.1) is 0 Å². The summed E-state index contributed by atoms with van der Waals surface area (Å²) in [4.78, 5) is 4.40. The molecular weight excluding hydrogens is 234 g/mol. The first-order valence-electron chi connectivity index (χ1n) is 6.50. The van der Waals surface area contributed by atoms with E-state index in [-0.39, 0.29) is 0 Å². The summed E-state index contributed by atoms with van der Waals surface area (Å²) in [7, 11) is 1.98. The van der Waals surface area contributed by atoms with Crippen LogP contribution < -0.4 is 5.32 Å². The quantitative estimate of drug-likeness (QED) is 0.772. The van der Waals surface area contributed by atoms with Gasteiger partial charge in [0.1, 0.15) is 0 Å². The Morgan fingerprint density at radius 1 is 1.11 bits per heavy atom. The van der Waals surface area contributed by atoms with Gasteiger partial charge in [0, 0.05) is 18.9 Å². The molecule has 0 fully saturated rings. The molecule has 0 saturated carbocycles. The van der Waals surface area contributed by atoms with Crippen LogP contribution in [-0.2, 0) is 13.1 Å². The molecule has 2 aromatic heterocycles. The van der Waals surface area contributed by atoms with Crippen molar-refractivity contribution in [3.63, 3.8) is 0 Å². The van der Waals surface area contributed by atoms with Crippen molar-refractivity contribution in [3.05, 3.63) is 66.1 Å². The second-order valence-electron chi connectivity index (χ2n) is 4.65. The van der Waals surface area contributed by atoms with Crippen LogP contribution in [0.15, 0.2) is 54.9 Å². The number of pyridine rings is 1. The fourth-order valence-electron chi connectivity index (χ4n) is 2.47. The van der Waals surface area contributed by atoms with Crippen LogP contribution in [0.3, 0.4) is 0 Å². The largest absolute Gasteiger partial charge is 0.341 e. The number of para-hydroxylation sites is 1. The van der Waals surface area contributed by atoms with Crippen LogP contribution in [-0.4, -0.2) is 16.6 Å². The van der Waals surface area contributed by atoms with E-state index in [0.717, 1.165) is 18.8 Å². The van der Waals surface area contributed by atoms with E-state index in [1.165, 1.54) is 16.5 Å². The lowest BCUT2D eigenvalue weighted by Crippen LogP contribution is -2.08. The molecule has 3 rings (SSSR count). The third kappa shape index (κ3) is 2.37. The molecule has 0 aliphatic rings. The van der Waals surface area contributed by atoms with E-state index in [1.54, 1.807) is 0 Å². The summed E-state index contributed by atoms with van der Waals surface area (Å²) in [6.07, 6.45) is 3.98. The molecule has 0 saturated heterocycles. The van der Waals surface area contributed by atoms with Crippen molar-refractivity contribution >= 4 is 10.9 Å². The minimum absolute atomic E-state index is 0.811. The first kappa shape index (κ1) is 11.9. The standard InChI is InChI=1S/C16H17N3/c1-17-11-14-6-4-5-13-8-10-19(16(13)14)12-15-7-2-3-9-18-15/h2-10,17H,11-12H2,1H3. The van der Waals surface area contributed by atoms with Crippen LogP contribution in [0.4, 0.5) is 0 Å². The van der Waals surface area contributed by atoms with Gasteiger partial charge in [-0.25, -0.2) is 0 Å². The van der Waals surface area contributed by atoms with Crippen LogP contribution in [0.2, 0.25) is 0 Å². The van der Waals surface area contributed by atoms with Crippen molar-refractivity contribution in [1.82, 2.24) is 14.9 Å². The Labute approximate surface area is 112 Å². The van der Waals surface area contributed by atoms with Gasteiger partial charge in [-0.2, -0.15) is 0 Å². The topological polar surface area (TPSA) is 29.9 Å². The predicted molar refractivity (Wildman–Crippen MR) is 78.0 cm³/mol. The van der Waals surface area contributed by atoms with E-state index in [2.05, 4.69) is 51.4 Å². The summed E-state index contributed by atoms with van der Waals surface area (Å²) < 4.78 is 2.27. The van der Waals surface area contributed by atoms with E-state index in [9.17, 15) is 0 Å². The molecule has 0 atom stereocenters. The van der Waals surface area contributed by atoms with Gasteiger partial charge in [0.2, 0.25) is 0 Å². The Bertz CT molecular complexity index is 671. The molecule has 1 N–H and O–H groups in total. The van der Waals surface area contributed by atoms with E-state index in [1.807, 2.05) is 25.4 Å². The zero-order valence-corrected chi connectivity index (χ0v) is 11.0. The van der Waals surface area contributed by atoms with Gasteiger partial charge < -0.3 is 9.88 Å². The molecule has 0 bridgehead atoms. The molecule has 3 nitrogen and oxygen atoms in total. The number of nitrogens with zero attached hydrogens (tertiary/aromatic N) is 2. The molecule has 3 heteroatoms. The fourth-order valence-corrected chi connectivity index (χ4v) is 2.47. The Morgan fingerprint density at radius 2 is 2.05 bits per heavy atom.